The van der Waals surface area contributed by atoms with E-state index in [2.05, 4.69) is 33.6 Å². The monoisotopic (exact) mass is 400 g/mol. The molecule has 2 heterocycles. The summed E-state index contributed by atoms with van der Waals surface area (Å²) in [5.74, 6) is 0.635. The maximum atomic E-state index is 13.5. The number of rotatable bonds is 4. The van der Waals surface area contributed by atoms with Crippen molar-refractivity contribution in [2.75, 3.05) is 5.32 Å². The highest BCUT2D eigenvalue weighted by Gasteiger charge is 2.20. The van der Waals surface area contributed by atoms with Gasteiger partial charge in [-0.2, -0.15) is 0 Å². The van der Waals surface area contributed by atoms with Crippen molar-refractivity contribution in [3.05, 3.63) is 72.9 Å². The van der Waals surface area contributed by atoms with Crippen LogP contribution < -0.4 is 5.32 Å². The van der Waals surface area contributed by atoms with Crippen molar-refractivity contribution in [1.29, 1.82) is 0 Å². The van der Waals surface area contributed by atoms with Crippen LogP contribution in [0.5, 0.6) is 0 Å². The van der Waals surface area contributed by atoms with Gasteiger partial charge in [-0.3, -0.25) is 0 Å². The van der Waals surface area contributed by atoms with Gasteiger partial charge in [0.1, 0.15) is 18.0 Å². The van der Waals surface area contributed by atoms with Crippen LogP contribution in [0.4, 0.5) is 10.2 Å². The molecule has 1 aliphatic carbocycles. The fourth-order valence-corrected chi connectivity index (χ4v) is 4.42. The molecule has 0 radical (unpaired) electrons. The topological polar surface area (TPSA) is 42.7 Å². The van der Waals surface area contributed by atoms with Crippen LogP contribution in [0.2, 0.25) is 0 Å². The smallest absolute Gasteiger partial charge is 0.150 e. The van der Waals surface area contributed by atoms with Gasteiger partial charge in [-0.15, -0.1) is 0 Å². The molecule has 4 aromatic rings. The van der Waals surface area contributed by atoms with E-state index in [1.54, 1.807) is 18.5 Å². The van der Waals surface area contributed by atoms with Gasteiger partial charge in [-0.05, 0) is 42.7 Å². The van der Waals surface area contributed by atoms with Crippen LogP contribution in [-0.2, 0) is 0 Å². The molecule has 4 nitrogen and oxygen atoms in total. The lowest BCUT2D eigenvalue weighted by atomic mass is 10.1. The molecule has 0 unspecified atom stereocenters. The fourth-order valence-electron chi connectivity index (χ4n) is 4.42. The zero-order valence-electron chi connectivity index (χ0n) is 16.9. The number of hydrogen-bond donors (Lipinski definition) is 1. The van der Waals surface area contributed by atoms with Gasteiger partial charge in [0.15, 0.2) is 5.65 Å². The highest BCUT2D eigenvalue weighted by molar-refractivity contribution is 6.02. The standard InChI is InChI=1S/C25H25FN4/c26-19-12-14-21(15-13-19)30-16-22(18-8-4-3-5-9-18)23-24(27-17-28-25(23)30)29-20-10-6-1-2-7-11-20/h3-5,8-9,12-17,20H,1-2,6-7,10-11H2,(H,27,28,29). The molecule has 1 N–H and O–H groups in total. The fraction of sp³-hybridized carbons (Fsp3) is 0.280. The van der Waals surface area contributed by atoms with Gasteiger partial charge in [-0.25, -0.2) is 14.4 Å². The quantitative estimate of drug-likeness (QED) is 0.405. The number of halogens is 1. The molecular weight excluding hydrogens is 375 g/mol. The molecule has 5 heteroatoms. The zero-order chi connectivity index (χ0) is 20.3. The highest BCUT2D eigenvalue weighted by atomic mass is 19.1. The van der Waals surface area contributed by atoms with Gasteiger partial charge in [-0.1, -0.05) is 56.0 Å². The first-order valence-corrected chi connectivity index (χ1v) is 10.7. The normalized spacial score (nSPS) is 15.2. The second-order valence-electron chi connectivity index (χ2n) is 8.01. The molecule has 2 aromatic heterocycles. The molecule has 5 rings (SSSR count). The summed E-state index contributed by atoms with van der Waals surface area (Å²) in [4.78, 5) is 9.26. The van der Waals surface area contributed by atoms with E-state index in [0.717, 1.165) is 33.7 Å². The second kappa shape index (κ2) is 8.27. The SMILES string of the molecule is Fc1ccc(-n2cc(-c3ccccc3)c3c(NC4CCCCCC4)ncnc32)cc1. The van der Waals surface area contributed by atoms with Gasteiger partial charge in [0.05, 0.1) is 5.39 Å². The molecule has 30 heavy (non-hydrogen) atoms. The number of nitrogens with zero attached hydrogens (tertiary/aromatic N) is 3. The van der Waals surface area contributed by atoms with Crippen molar-refractivity contribution in [3.8, 4) is 16.8 Å². The average molecular weight is 401 g/mol. The van der Waals surface area contributed by atoms with E-state index in [0.29, 0.717) is 6.04 Å². The van der Waals surface area contributed by atoms with Gasteiger partial charge < -0.3 is 9.88 Å². The minimum atomic E-state index is -0.246. The molecule has 0 spiro atoms. The summed E-state index contributed by atoms with van der Waals surface area (Å²) >= 11 is 0. The summed E-state index contributed by atoms with van der Waals surface area (Å²) in [6, 6.07) is 17.3. The third-order valence-electron chi connectivity index (χ3n) is 5.97. The first-order chi connectivity index (χ1) is 14.8. The van der Waals surface area contributed by atoms with E-state index in [1.807, 2.05) is 22.8 Å². The van der Waals surface area contributed by atoms with E-state index >= 15 is 0 Å². The van der Waals surface area contributed by atoms with Crippen LogP contribution in [0.25, 0.3) is 27.8 Å². The molecule has 1 aliphatic rings. The van der Waals surface area contributed by atoms with Gasteiger partial charge in [0.25, 0.3) is 0 Å². The summed E-state index contributed by atoms with van der Waals surface area (Å²) in [5, 5.41) is 4.73. The number of nitrogens with one attached hydrogen (secondary N) is 1. The Morgan fingerprint density at radius 2 is 1.60 bits per heavy atom. The Kier molecular flexibility index (Phi) is 5.18. The van der Waals surface area contributed by atoms with Crippen molar-refractivity contribution in [1.82, 2.24) is 14.5 Å². The molecule has 0 atom stereocenters. The van der Waals surface area contributed by atoms with E-state index in [-0.39, 0.29) is 5.82 Å². The maximum absolute atomic E-state index is 13.5. The van der Waals surface area contributed by atoms with Crippen LogP contribution in [0.3, 0.4) is 0 Å². The summed E-state index contributed by atoms with van der Waals surface area (Å²) in [6.07, 6.45) is 11.2. The number of anilines is 1. The molecular formula is C25H25FN4. The molecule has 0 aliphatic heterocycles. The number of fused-ring (bicyclic) bond motifs is 1. The Bertz CT molecular complexity index is 1130. The van der Waals surface area contributed by atoms with E-state index in [9.17, 15) is 4.39 Å². The lowest BCUT2D eigenvalue weighted by Crippen LogP contribution is -2.19. The van der Waals surface area contributed by atoms with Crippen LogP contribution in [-0.4, -0.2) is 20.6 Å². The average Bonchev–Trinajstić information content (AvgIpc) is 2.99. The van der Waals surface area contributed by atoms with E-state index in [1.165, 1.54) is 50.7 Å². The Balaban J connectivity index is 1.66. The van der Waals surface area contributed by atoms with Crippen molar-refractivity contribution in [2.24, 2.45) is 0 Å². The highest BCUT2D eigenvalue weighted by Crippen LogP contribution is 2.36. The third kappa shape index (κ3) is 3.67. The van der Waals surface area contributed by atoms with Gasteiger partial charge in [0, 0.05) is 23.5 Å². The van der Waals surface area contributed by atoms with Crippen molar-refractivity contribution in [3.63, 3.8) is 0 Å². The predicted molar refractivity (Wildman–Crippen MR) is 119 cm³/mol. The molecule has 0 amide bonds. The predicted octanol–water partition coefficient (Wildman–Crippen LogP) is 6.36. The van der Waals surface area contributed by atoms with Crippen LogP contribution >= 0.6 is 0 Å². The zero-order valence-corrected chi connectivity index (χ0v) is 16.9. The van der Waals surface area contributed by atoms with Crippen LogP contribution in [0, 0.1) is 5.82 Å². The van der Waals surface area contributed by atoms with Crippen molar-refractivity contribution in [2.45, 2.75) is 44.6 Å². The van der Waals surface area contributed by atoms with Crippen LogP contribution in [0.1, 0.15) is 38.5 Å². The number of benzene rings is 2. The first-order valence-electron chi connectivity index (χ1n) is 10.7. The van der Waals surface area contributed by atoms with Gasteiger partial charge >= 0.3 is 0 Å². The molecule has 1 fully saturated rings. The summed E-state index contributed by atoms with van der Waals surface area (Å²) in [7, 11) is 0. The lowest BCUT2D eigenvalue weighted by molar-refractivity contribution is 0.618. The molecule has 2 aromatic carbocycles. The Labute approximate surface area is 175 Å². The minimum Gasteiger partial charge on any atom is -0.367 e. The third-order valence-corrected chi connectivity index (χ3v) is 5.97. The number of hydrogen-bond acceptors (Lipinski definition) is 3. The largest absolute Gasteiger partial charge is 0.367 e. The minimum absolute atomic E-state index is 0.246. The van der Waals surface area contributed by atoms with E-state index in [4.69, 9.17) is 0 Å². The second-order valence-corrected chi connectivity index (χ2v) is 8.01. The summed E-state index contributed by atoms with van der Waals surface area (Å²) in [6.45, 7) is 0. The van der Waals surface area contributed by atoms with Gasteiger partial charge in [0.2, 0.25) is 0 Å². The maximum Gasteiger partial charge on any atom is 0.150 e. The van der Waals surface area contributed by atoms with Crippen molar-refractivity contribution < 1.29 is 4.39 Å². The Morgan fingerprint density at radius 1 is 0.867 bits per heavy atom. The molecule has 152 valence electrons. The first kappa shape index (κ1) is 18.8. The van der Waals surface area contributed by atoms with E-state index < -0.39 is 0 Å². The Morgan fingerprint density at radius 3 is 2.33 bits per heavy atom. The molecule has 1 saturated carbocycles. The van der Waals surface area contributed by atoms with Crippen molar-refractivity contribution >= 4 is 16.9 Å². The number of aromatic nitrogens is 3. The van der Waals surface area contributed by atoms with Crippen LogP contribution in [0.15, 0.2) is 67.1 Å². The molecule has 0 saturated heterocycles. The Hall–Kier alpha value is -3.21. The molecule has 0 bridgehead atoms. The lowest BCUT2D eigenvalue weighted by Gasteiger charge is -2.18. The summed E-state index contributed by atoms with van der Waals surface area (Å²) in [5.41, 5.74) is 3.89. The summed E-state index contributed by atoms with van der Waals surface area (Å²) < 4.78 is 15.5.